The second-order valence-corrected chi connectivity index (χ2v) is 8.10. The quantitative estimate of drug-likeness (QED) is 0.789. The van der Waals surface area contributed by atoms with Crippen molar-refractivity contribution >= 4 is 11.8 Å². The highest BCUT2D eigenvalue weighted by atomic mass is 16.5. The van der Waals surface area contributed by atoms with Crippen molar-refractivity contribution in [3.63, 3.8) is 0 Å². The molecule has 1 aromatic carbocycles. The monoisotopic (exact) mass is 397 g/mol. The van der Waals surface area contributed by atoms with Gasteiger partial charge in [-0.25, -0.2) is 4.98 Å². The number of rotatable bonds is 3. The van der Waals surface area contributed by atoms with Crippen molar-refractivity contribution in [3.8, 4) is 5.75 Å². The number of carbonyl (C=O) groups is 2. The Balaban J connectivity index is 1.53. The second kappa shape index (κ2) is 7.85. The molecular formula is C21H27N5O3. The Morgan fingerprint density at radius 1 is 1.24 bits per heavy atom. The van der Waals surface area contributed by atoms with Crippen molar-refractivity contribution in [2.45, 2.75) is 51.8 Å². The zero-order chi connectivity index (χ0) is 20.4. The number of piperidine rings is 1. The largest absolute Gasteiger partial charge is 0.483 e. The number of nitrogens with zero attached hydrogens (tertiary/aromatic N) is 5. The van der Waals surface area contributed by atoms with E-state index < -0.39 is 5.60 Å². The van der Waals surface area contributed by atoms with Crippen LogP contribution in [-0.2, 0) is 22.7 Å². The second-order valence-electron chi connectivity index (χ2n) is 8.10. The lowest BCUT2D eigenvalue weighted by Gasteiger charge is -2.43. The summed E-state index contributed by atoms with van der Waals surface area (Å²) in [6, 6.07) is 6.09. The lowest BCUT2D eigenvalue weighted by atomic mass is 9.91. The lowest BCUT2D eigenvalue weighted by molar-refractivity contribution is -0.140. The Morgan fingerprint density at radius 3 is 2.83 bits per heavy atom. The van der Waals surface area contributed by atoms with Crippen molar-refractivity contribution in [1.29, 1.82) is 0 Å². The van der Waals surface area contributed by atoms with Gasteiger partial charge in [-0.2, -0.15) is 5.10 Å². The molecule has 0 N–H and O–H groups in total. The Kier molecular flexibility index (Phi) is 5.25. The minimum Gasteiger partial charge on any atom is -0.483 e. The molecule has 154 valence electrons. The van der Waals surface area contributed by atoms with Crippen LogP contribution in [0.1, 0.15) is 37.3 Å². The van der Waals surface area contributed by atoms with Crippen LogP contribution in [-0.4, -0.2) is 61.6 Å². The molecule has 2 amide bonds. The van der Waals surface area contributed by atoms with E-state index in [2.05, 4.69) is 16.1 Å². The van der Waals surface area contributed by atoms with E-state index >= 15 is 0 Å². The molecule has 1 fully saturated rings. The molecule has 1 spiro atoms. The summed E-state index contributed by atoms with van der Waals surface area (Å²) in [7, 11) is 0. The summed E-state index contributed by atoms with van der Waals surface area (Å²) in [5.41, 5.74) is 1.58. The summed E-state index contributed by atoms with van der Waals surface area (Å²) >= 11 is 0. The van der Waals surface area contributed by atoms with Gasteiger partial charge in [0, 0.05) is 32.0 Å². The summed E-state index contributed by atoms with van der Waals surface area (Å²) in [6.07, 6.45) is 5.11. The highest BCUT2D eigenvalue weighted by molar-refractivity contribution is 5.76. The average Bonchev–Trinajstić information content (AvgIpc) is 3.16. The van der Waals surface area contributed by atoms with Crippen LogP contribution < -0.4 is 4.74 Å². The summed E-state index contributed by atoms with van der Waals surface area (Å²) in [6.45, 7) is 6.36. The molecule has 8 heteroatoms. The third-order valence-corrected chi connectivity index (χ3v) is 5.74. The molecule has 1 aromatic heterocycles. The number of aromatic nitrogens is 3. The SMILES string of the molecule is CC(=O)N1Cc2cc(C)ccc2O[C@@]2(CCCN(C(=O)CCn3cncn3)C2)C1. The Labute approximate surface area is 170 Å². The Hall–Kier alpha value is -2.90. The minimum atomic E-state index is -0.576. The molecule has 3 heterocycles. The van der Waals surface area contributed by atoms with E-state index in [0.717, 1.165) is 29.7 Å². The minimum absolute atomic E-state index is 0.0250. The van der Waals surface area contributed by atoms with Crippen LogP contribution in [0.3, 0.4) is 0 Å². The fourth-order valence-electron chi connectivity index (χ4n) is 4.27. The van der Waals surface area contributed by atoms with Gasteiger partial charge in [0.2, 0.25) is 11.8 Å². The third kappa shape index (κ3) is 4.26. The molecular weight excluding hydrogens is 370 g/mol. The number of hydrogen-bond donors (Lipinski definition) is 0. The number of carbonyl (C=O) groups excluding carboxylic acids is 2. The maximum absolute atomic E-state index is 12.8. The number of hydrogen-bond acceptors (Lipinski definition) is 5. The molecule has 0 saturated carbocycles. The molecule has 2 aliphatic heterocycles. The number of benzene rings is 1. The Bertz CT molecular complexity index is 898. The number of ether oxygens (including phenoxy) is 1. The van der Waals surface area contributed by atoms with Crippen LogP contribution in [0.25, 0.3) is 0 Å². The molecule has 2 aromatic rings. The highest BCUT2D eigenvalue weighted by Crippen LogP contribution is 2.35. The summed E-state index contributed by atoms with van der Waals surface area (Å²) in [5.74, 6) is 0.916. The van der Waals surface area contributed by atoms with Gasteiger partial charge in [0.1, 0.15) is 24.0 Å². The Morgan fingerprint density at radius 2 is 2.07 bits per heavy atom. The molecule has 4 rings (SSSR count). The third-order valence-electron chi connectivity index (χ3n) is 5.74. The van der Waals surface area contributed by atoms with Crippen LogP contribution >= 0.6 is 0 Å². The van der Waals surface area contributed by atoms with E-state index in [-0.39, 0.29) is 11.8 Å². The van der Waals surface area contributed by atoms with Gasteiger partial charge in [-0.1, -0.05) is 17.7 Å². The van der Waals surface area contributed by atoms with Gasteiger partial charge < -0.3 is 14.5 Å². The van der Waals surface area contributed by atoms with E-state index in [9.17, 15) is 9.59 Å². The zero-order valence-electron chi connectivity index (χ0n) is 17.0. The van der Waals surface area contributed by atoms with Crippen molar-refractivity contribution in [3.05, 3.63) is 42.0 Å². The summed E-state index contributed by atoms with van der Waals surface area (Å²) in [4.78, 5) is 32.8. The first-order valence-corrected chi connectivity index (χ1v) is 10.1. The molecule has 1 saturated heterocycles. The van der Waals surface area contributed by atoms with Gasteiger partial charge in [0.15, 0.2) is 0 Å². The van der Waals surface area contributed by atoms with Crippen molar-refractivity contribution in [2.75, 3.05) is 19.6 Å². The summed E-state index contributed by atoms with van der Waals surface area (Å²) < 4.78 is 8.20. The number of fused-ring (bicyclic) bond motifs is 1. The predicted octanol–water partition coefficient (Wildman–Crippen LogP) is 1.78. The maximum atomic E-state index is 12.8. The molecule has 0 unspecified atom stereocenters. The van der Waals surface area contributed by atoms with Crippen LogP contribution in [0.15, 0.2) is 30.9 Å². The molecule has 0 bridgehead atoms. The average molecular weight is 397 g/mol. The van der Waals surface area contributed by atoms with Crippen LogP contribution in [0.5, 0.6) is 5.75 Å². The molecule has 29 heavy (non-hydrogen) atoms. The van der Waals surface area contributed by atoms with Gasteiger partial charge in [-0.3, -0.25) is 14.3 Å². The van der Waals surface area contributed by atoms with Gasteiger partial charge in [0.25, 0.3) is 0 Å². The fraction of sp³-hybridized carbons (Fsp3) is 0.524. The van der Waals surface area contributed by atoms with Gasteiger partial charge in [-0.05, 0) is 25.8 Å². The van der Waals surface area contributed by atoms with Gasteiger partial charge >= 0.3 is 0 Å². The first-order valence-electron chi connectivity index (χ1n) is 10.1. The van der Waals surface area contributed by atoms with Gasteiger partial charge in [0.05, 0.1) is 19.6 Å². The van der Waals surface area contributed by atoms with E-state index in [4.69, 9.17) is 4.74 Å². The van der Waals surface area contributed by atoms with E-state index in [1.54, 1.807) is 17.9 Å². The van der Waals surface area contributed by atoms with E-state index in [1.165, 1.54) is 6.33 Å². The van der Waals surface area contributed by atoms with Crippen molar-refractivity contribution < 1.29 is 14.3 Å². The van der Waals surface area contributed by atoms with Crippen LogP contribution in [0.4, 0.5) is 0 Å². The molecule has 1 atom stereocenters. The van der Waals surface area contributed by atoms with E-state index in [0.29, 0.717) is 39.1 Å². The predicted molar refractivity (Wildman–Crippen MR) is 106 cm³/mol. The van der Waals surface area contributed by atoms with Crippen molar-refractivity contribution in [2.24, 2.45) is 0 Å². The van der Waals surface area contributed by atoms with Gasteiger partial charge in [-0.15, -0.1) is 0 Å². The van der Waals surface area contributed by atoms with Crippen LogP contribution in [0.2, 0.25) is 0 Å². The fourth-order valence-corrected chi connectivity index (χ4v) is 4.27. The van der Waals surface area contributed by atoms with E-state index in [1.807, 2.05) is 28.9 Å². The standard InChI is InChI=1S/C21H27N5O3/c1-16-4-5-19-18(10-16)11-25(17(2)27)13-21(29-19)7-3-8-24(12-21)20(28)6-9-26-15-22-14-23-26/h4-5,10,14-15H,3,6-9,11-13H2,1-2H3/t21-/m1/s1. The topological polar surface area (TPSA) is 80.6 Å². The zero-order valence-corrected chi connectivity index (χ0v) is 17.0. The molecule has 0 radical (unpaired) electrons. The first-order chi connectivity index (χ1) is 13.9. The highest BCUT2D eigenvalue weighted by Gasteiger charge is 2.43. The number of aryl methyl sites for hydroxylation is 2. The summed E-state index contributed by atoms with van der Waals surface area (Å²) in [5, 5.41) is 4.06. The first kappa shape index (κ1) is 19.4. The lowest BCUT2D eigenvalue weighted by Crippen LogP contribution is -2.58. The maximum Gasteiger partial charge on any atom is 0.224 e. The smallest absolute Gasteiger partial charge is 0.224 e. The van der Waals surface area contributed by atoms with Crippen LogP contribution in [0, 0.1) is 6.92 Å². The number of likely N-dealkylation sites (tertiary alicyclic amines) is 1. The molecule has 2 aliphatic rings. The normalized spacial score (nSPS) is 21.4. The molecule has 0 aliphatic carbocycles. The van der Waals surface area contributed by atoms with Crippen molar-refractivity contribution in [1.82, 2.24) is 24.6 Å². The molecule has 8 nitrogen and oxygen atoms in total. The number of amides is 2.